The van der Waals surface area contributed by atoms with Crippen LogP contribution in [0.3, 0.4) is 0 Å². The molecule has 10 heteroatoms. The third-order valence-corrected chi connectivity index (χ3v) is 8.34. The molecule has 1 saturated carbocycles. The van der Waals surface area contributed by atoms with Crippen molar-refractivity contribution in [2.45, 2.75) is 70.1 Å². The number of benzene rings is 1. The summed E-state index contributed by atoms with van der Waals surface area (Å²) < 4.78 is 15.0. The first-order chi connectivity index (χ1) is 17.8. The van der Waals surface area contributed by atoms with Crippen molar-refractivity contribution in [2.75, 3.05) is 18.0 Å². The SMILES string of the molecule is CCC(=O)NC1CCN(c2nc(-c3ccc(F)cc3)c(-c3ccc(=O)n(CC4(O)CCCCC4)n3)s2)C1. The van der Waals surface area contributed by atoms with Crippen LogP contribution in [0.4, 0.5) is 9.52 Å². The Hall–Kier alpha value is -3.11. The van der Waals surface area contributed by atoms with Crippen molar-refractivity contribution in [1.82, 2.24) is 20.1 Å². The molecule has 37 heavy (non-hydrogen) atoms. The summed E-state index contributed by atoms with van der Waals surface area (Å²) in [5.41, 5.74) is 0.802. The zero-order valence-electron chi connectivity index (χ0n) is 21.0. The Kier molecular flexibility index (Phi) is 7.39. The van der Waals surface area contributed by atoms with Gasteiger partial charge in [0.05, 0.1) is 22.7 Å². The van der Waals surface area contributed by atoms with Gasteiger partial charge >= 0.3 is 0 Å². The number of amides is 1. The summed E-state index contributed by atoms with van der Waals surface area (Å²) in [6, 6.07) is 9.40. The molecule has 1 saturated heterocycles. The molecule has 1 amide bonds. The van der Waals surface area contributed by atoms with Crippen LogP contribution in [0.2, 0.25) is 0 Å². The number of thiazole rings is 1. The van der Waals surface area contributed by atoms with Gasteiger partial charge in [-0.25, -0.2) is 14.1 Å². The zero-order chi connectivity index (χ0) is 26.0. The Balaban J connectivity index is 1.49. The van der Waals surface area contributed by atoms with Crippen LogP contribution in [0.1, 0.15) is 51.9 Å². The first kappa shape index (κ1) is 25.5. The lowest BCUT2D eigenvalue weighted by Crippen LogP contribution is -2.40. The van der Waals surface area contributed by atoms with Crippen LogP contribution in [-0.4, -0.2) is 50.5 Å². The molecule has 1 aliphatic carbocycles. The van der Waals surface area contributed by atoms with E-state index in [1.54, 1.807) is 18.2 Å². The Labute approximate surface area is 219 Å². The molecular weight excluding hydrogens is 493 g/mol. The molecule has 8 nitrogen and oxygen atoms in total. The van der Waals surface area contributed by atoms with E-state index in [2.05, 4.69) is 15.3 Å². The first-order valence-electron chi connectivity index (χ1n) is 13.0. The molecule has 0 spiro atoms. The van der Waals surface area contributed by atoms with E-state index in [4.69, 9.17) is 4.98 Å². The van der Waals surface area contributed by atoms with E-state index >= 15 is 0 Å². The maximum atomic E-state index is 13.7. The maximum absolute atomic E-state index is 13.7. The van der Waals surface area contributed by atoms with Gasteiger partial charge in [-0.05, 0) is 49.6 Å². The summed E-state index contributed by atoms with van der Waals surface area (Å²) in [5.74, 6) is -0.299. The second kappa shape index (κ2) is 10.7. The van der Waals surface area contributed by atoms with Crippen molar-refractivity contribution < 1.29 is 14.3 Å². The Morgan fingerprint density at radius 2 is 1.95 bits per heavy atom. The van der Waals surface area contributed by atoms with Gasteiger partial charge in [-0.3, -0.25) is 9.59 Å². The smallest absolute Gasteiger partial charge is 0.266 e. The predicted molar refractivity (Wildman–Crippen MR) is 142 cm³/mol. The van der Waals surface area contributed by atoms with E-state index in [9.17, 15) is 19.1 Å². The van der Waals surface area contributed by atoms with Gasteiger partial charge in [0.2, 0.25) is 5.91 Å². The van der Waals surface area contributed by atoms with Crippen LogP contribution in [0.15, 0.2) is 41.2 Å². The Morgan fingerprint density at radius 1 is 1.19 bits per heavy atom. The van der Waals surface area contributed by atoms with Crippen LogP contribution in [-0.2, 0) is 11.3 Å². The summed E-state index contributed by atoms with van der Waals surface area (Å²) in [6.07, 6.45) is 5.55. The molecule has 1 atom stereocenters. The van der Waals surface area contributed by atoms with Crippen molar-refractivity contribution in [3.63, 3.8) is 0 Å². The van der Waals surface area contributed by atoms with Gasteiger partial charge in [0.25, 0.3) is 5.56 Å². The van der Waals surface area contributed by atoms with Gasteiger partial charge in [-0.2, -0.15) is 5.10 Å². The van der Waals surface area contributed by atoms with Crippen LogP contribution in [0, 0.1) is 5.82 Å². The highest BCUT2D eigenvalue weighted by Crippen LogP contribution is 2.40. The van der Waals surface area contributed by atoms with Crippen molar-refractivity contribution in [1.29, 1.82) is 0 Å². The Morgan fingerprint density at radius 3 is 2.68 bits per heavy atom. The first-order valence-corrected chi connectivity index (χ1v) is 13.8. The fraction of sp³-hybridized carbons (Fsp3) is 0.481. The number of carbonyl (C=O) groups excluding carboxylic acids is 1. The van der Waals surface area contributed by atoms with E-state index in [1.807, 2.05) is 6.92 Å². The van der Waals surface area contributed by atoms with Gasteiger partial charge in [-0.15, -0.1) is 0 Å². The van der Waals surface area contributed by atoms with Crippen LogP contribution in [0.25, 0.3) is 21.8 Å². The number of carbonyl (C=O) groups is 1. The summed E-state index contributed by atoms with van der Waals surface area (Å²) in [7, 11) is 0. The molecule has 196 valence electrons. The van der Waals surface area contributed by atoms with E-state index in [0.717, 1.165) is 47.8 Å². The second-order valence-electron chi connectivity index (χ2n) is 10.0. The lowest BCUT2D eigenvalue weighted by Gasteiger charge is -2.31. The number of nitrogens with one attached hydrogen (secondary N) is 1. The van der Waals surface area contributed by atoms with Gasteiger partial charge in [0.15, 0.2) is 5.13 Å². The molecule has 5 rings (SSSR count). The van der Waals surface area contributed by atoms with E-state index in [-0.39, 0.29) is 29.9 Å². The molecule has 1 unspecified atom stereocenters. The standard InChI is InChI=1S/C27H32FN5O3S/c1-2-22(34)29-20-12-15-32(16-20)26-30-24(18-6-8-19(28)9-7-18)25(37-26)21-10-11-23(35)33(31-21)17-27(36)13-4-3-5-14-27/h6-11,20,36H,2-5,12-17H2,1H3,(H,29,34). The van der Waals surface area contributed by atoms with Crippen molar-refractivity contribution in [2.24, 2.45) is 0 Å². The largest absolute Gasteiger partial charge is 0.388 e. The number of halogens is 1. The molecule has 2 N–H and O–H groups in total. The van der Waals surface area contributed by atoms with E-state index < -0.39 is 5.60 Å². The number of rotatable bonds is 7. The van der Waals surface area contributed by atoms with Crippen molar-refractivity contribution in [3.05, 3.63) is 52.6 Å². The summed E-state index contributed by atoms with van der Waals surface area (Å²) >= 11 is 1.46. The molecule has 2 fully saturated rings. The third kappa shape index (κ3) is 5.75. The minimum Gasteiger partial charge on any atom is -0.388 e. The number of aromatic nitrogens is 3. The highest BCUT2D eigenvalue weighted by Gasteiger charge is 2.31. The number of nitrogens with zero attached hydrogens (tertiary/aromatic N) is 4. The predicted octanol–water partition coefficient (Wildman–Crippen LogP) is 3.97. The molecule has 2 aliphatic rings. The van der Waals surface area contributed by atoms with E-state index in [1.165, 1.54) is 34.2 Å². The molecule has 3 heterocycles. The summed E-state index contributed by atoms with van der Waals surface area (Å²) in [5, 5.41) is 19.5. The quantitative estimate of drug-likeness (QED) is 0.484. The fourth-order valence-corrected chi connectivity index (χ4v) is 6.22. The Bertz CT molecular complexity index is 1320. The third-order valence-electron chi connectivity index (χ3n) is 7.21. The molecule has 0 bridgehead atoms. The normalized spacial score (nSPS) is 19.2. The van der Waals surface area contributed by atoms with Gasteiger partial charge in [0, 0.05) is 37.2 Å². The van der Waals surface area contributed by atoms with Gasteiger partial charge in [-0.1, -0.05) is 37.5 Å². The molecule has 0 radical (unpaired) electrons. The van der Waals surface area contributed by atoms with E-state index in [0.29, 0.717) is 37.2 Å². The highest BCUT2D eigenvalue weighted by atomic mass is 32.1. The molecule has 1 aliphatic heterocycles. The summed E-state index contributed by atoms with van der Waals surface area (Å²) in [6.45, 7) is 3.40. The molecule has 1 aromatic carbocycles. The van der Waals surface area contributed by atoms with Crippen LogP contribution in [0.5, 0.6) is 0 Å². The number of aliphatic hydroxyl groups is 1. The topological polar surface area (TPSA) is 100 Å². The minimum absolute atomic E-state index is 0.0322. The molecule has 2 aromatic heterocycles. The van der Waals surface area contributed by atoms with Crippen LogP contribution >= 0.6 is 11.3 Å². The lowest BCUT2D eigenvalue weighted by molar-refractivity contribution is -0.121. The second-order valence-corrected chi connectivity index (χ2v) is 11.0. The van der Waals surface area contributed by atoms with Crippen molar-refractivity contribution in [3.8, 4) is 21.8 Å². The van der Waals surface area contributed by atoms with Crippen molar-refractivity contribution >= 4 is 22.4 Å². The maximum Gasteiger partial charge on any atom is 0.266 e. The fourth-order valence-electron chi connectivity index (χ4n) is 5.13. The minimum atomic E-state index is -0.931. The van der Waals surface area contributed by atoms with Gasteiger partial charge in [0.1, 0.15) is 11.5 Å². The monoisotopic (exact) mass is 525 g/mol. The number of hydrogen-bond donors (Lipinski definition) is 2. The summed E-state index contributed by atoms with van der Waals surface area (Å²) in [4.78, 5) is 32.4. The highest BCUT2D eigenvalue weighted by molar-refractivity contribution is 7.19. The number of hydrogen-bond acceptors (Lipinski definition) is 7. The number of anilines is 1. The molecule has 3 aromatic rings. The average Bonchev–Trinajstić information content (AvgIpc) is 3.54. The van der Waals surface area contributed by atoms with Crippen LogP contribution < -0.4 is 15.8 Å². The molecular formula is C27H32FN5O3S. The average molecular weight is 526 g/mol. The van der Waals surface area contributed by atoms with Gasteiger partial charge < -0.3 is 15.3 Å². The zero-order valence-corrected chi connectivity index (χ0v) is 21.8. The lowest BCUT2D eigenvalue weighted by atomic mass is 9.85.